The van der Waals surface area contributed by atoms with Crippen molar-refractivity contribution in [3.63, 3.8) is 0 Å². The number of aliphatic hydroxyl groups is 1. The average molecular weight is 277 g/mol. The molecule has 0 fully saturated rings. The fraction of sp³-hybridized carbons (Fsp3) is 0.500. The maximum atomic E-state index is 12.8. The maximum Gasteiger partial charge on any atom is 0.416 e. The topological polar surface area (TPSA) is 63.4 Å². The quantitative estimate of drug-likeness (QED) is 0.679. The molecule has 1 N–H and O–H groups in total. The smallest absolute Gasteiger partial charge is 0.393 e. The van der Waals surface area contributed by atoms with Crippen molar-refractivity contribution in [2.24, 2.45) is 5.92 Å². The van der Waals surface area contributed by atoms with Crippen molar-refractivity contribution in [2.45, 2.75) is 32.5 Å². The van der Waals surface area contributed by atoms with Gasteiger partial charge in [-0.2, -0.15) is 13.2 Å². The summed E-state index contributed by atoms with van der Waals surface area (Å²) in [7, 11) is 0. The van der Waals surface area contributed by atoms with Crippen molar-refractivity contribution in [3.05, 3.63) is 39.4 Å². The lowest BCUT2D eigenvalue weighted by Gasteiger charge is -2.18. The first kappa shape index (κ1) is 15.4. The second-order valence-corrected chi connectivity index (χ2v) is 4.61. The Morgan fingerprint density at radius 1 is 1.37 bits per heavy atom. The Morgan fingerprint density at radius 3 is 2.37 bits per heavy atom. The summed E-state index contributed by atoms with van der Waals surface area (Å²) in [6.45, 7) is 3.37. The number of hydrogen-bond donors (Lipinski definition) is 1. The number of aliphatic hydroxyl groups excluding tert-OH is 1. The van der Waals surface area contributed by atoms with Crippen LogP contribution in [0, 0.1) is 16.0 Å². The van der Waals surface area contributed by atoms with Gasteiger partial charge in [0, 0.05) is 12.1 Å². The molecule has 1 rings (SSSR count). The molecule has 7 heteroatoms. The molecule has 1 aromatic carbocycles. The molecule has 1 aromatic rings. The number of hydrogen-bond acceptors (Lipinski definition) is 3. The molecule has 0 bridgehead atoms. The van der Waals surface area contributed by atoms with Crippen LogP contribution >= 0.6 is 0 Å². The first-order valence-electron chi connectivity index (χ1n) is 5.65. The van der Waals surface area contributed by atoms with Gasteiger partial charge in [-0.15, -0.1) is 0 Å². The first-order valence-corrected chi connectivity index (χ1v) is 5.65. The molecule has 1 atom stereocenters. The van der Waals surface area contributed by atoms with E-state index in [1.165, 1.54) is 0 Å². The molecule has 0 spiro atoms. The van der Waals surface area contributed by atoms with E-state index in [9.17, 15) is 28.4 Å². The van der Waals surface area contributed by atoms with Gasteiger partial charge in [-0.1, -0.05) is 19.9 Å². The van der Waals surface area contributed by atoms with Gasteiger partial charge in [-0.25, -0.2) is 0 Å². The predicted molar refractivity (Wildman–Crippen MR) is 62.6 cm³/mol. The van der Waals surface area contributed by atoms with Crippen molar-refractivity contribution in [3.8, 4) is 0 Å². The Morgan fingerprint density at radius 2 is 1.95 bits per heavy atom. The predicted octanol–water partition coefficient (Wildman–Crippen LogP) is 3.17. The molecule has 0 saturated heterocycles. The molecule has 4 nitrogen and oxygen atoms in total. The summed E-state index contributed by atoms with van der Waals surface area (Å²) in [6, 6.07) is 2.56. The minimum absolute atomic E-state index is 0.140. The monoisotopic (exact) mass is 277 g/mol. The lowest BCUT2D eigenvalue weighted by Crippen LogP contribution is -2.20. The number of halogens is 3. The van der Waals surface area contributed by atoms with Gasteiger partial charge >= 0.3 is 6.18 Å². The lowest BCUT2D eigenvalue weighted by molar-refractivity contribution is -0.385. The molecule has 106 valence electrons. The largest absolute Gasteiger partial charge is 0.416 e. The van der Waals surface area contributed by atoms with E-state index in [1.807, 2.05) is 0 Å². The number of rotatable bonds is 4. The third-order valence-corrected chi connectivity index (χ3v) is 2.81. The third kappa shape index (κ3) is 3.92. The highest BCUT2D eigenvalue weighted by molar-refractivity contribution is 5.41. The second kappa shape index (κ2) is 5.56. The van der Waals surface area contributed by atoms with Crippen LogP contribution in [0.1, 0.15) is 25.0 Å². The van der Waals surface area contributed by atoms with Gasteiger partial charge in [0.15, 0.2) is 0 Å². The molecular weight excluding hydrogens is 263 g/mol. The Labute approximate surface area is 108 Å². The molecule has 0 aliphatic heterocycles. The van der Waals surface area contributed by atoms with Crippen LogP contribution in [0.4, 0.5) is 18.9 Å². The van der Waals surface area contributed by atoms with Gasteiger partial charge in [-0.05, 0) is 17.9 Å². The van der Waals surface area contributed by atoms with E-state index in [2.05, 4.69) is 0 Å². The molecule has 19 heavy (non-hydrogen) atoms. The zero-order valence-corrected chi connectivity index (χ0v) is 10.4. The van der Waals surface area contributed by atoms with Crippen LogP contribution in [0.5, 0.6) is 0 Å². The van der Waals surface area contributed by atoms with Crippen molar-refractivity contribution in [1.29, 1.82) is 0 Å². The summed E-state index contributed by atoms with van der Waals surface area (Å²) in [5, 5.41) is 20.2. The van der Waals surface area contributed by atoms with E-state index in [-0.39, 0.29) is 17.9 Å². The molecule has 0 aromatic heterocycles. The number of nitrogens with zero attached hydrogens (tertiary/aromatic N) is 1. The fourth-order valence-corrected chi connectivity index (χ4v) is 1.58. The van der Waals surface area contributed by atoms with Gasteiger partial charge in [0.1, 0.15) is 0 Å². The van der Waals surface area contributed by atoms with E-state index in [1.54, 1.807) is 13.8 Å². The van der Waals surface area contributed by atoms with Crippen molar-refractivity contribution < 1.29 is 23.2 Å². The summed E-state index contributed by atoms with van der Waals surface area (Å²) < 4.78 is 38.5. The number of nitro benzene ring substituents is 1. The van der Waals surface area contributed by atoms with Crippen LogP contribution in [0.2, 0.25) is 0 Å². The summed E-state index contributed by atoms with van der Waals surface area (Å²) in [4.78, 5) is 9.63. The molecule has 0 aliphatic rings. The standard InChI is InChI=1S/C12H14F3NO3/c1-7(2)11(17)5-8-3-4-9(16(18)19)6-10(8)12(13,14)15/h3-4,6-7,11,17H,5H2,1-2H3. The van der Waals surface area contributed by atoms with Crippen LogP contribution in [-0.2, 0) is 12.6 Å². The number of non-ortho nitro benzene ring substituents is 1. The van der Waals surface area contributed by atoms with Crippen LogP contribution in [0.15, 0.2) is 18.2 Å². The summed E-state index contributed by atoms with van der Waals surface area (Å²) >= 11 is 0. The van der Waals surface area contributed by atoms with Crippen LogP contribution < -0.4 is 0 Å². The lowest BCUT2D eigenvalue weighted by atomic mass is 9.95. The summed E-state index contributed by atoms with van der Waals surface area (Å²) in [5.41, 5.74) is -1.82. The molecule has 0 saturated carbocycles. The normalized spacial score (nSPS) is 13.6. The van der Waals surface area contributed by atoms with E-state index in [4.69, 9.17) is 0 Å². The Hall–Kier alpha value is -1.63. The van der Waals surface area contributed by atoms with Gasteiger partial charge in [0.2, 0.25) is 0 Å². The minimum Gasteiger partial charge on any atom is -0.393 e. The molecule has 0 aliphatic carbocycles. The third-order valence-electron chi connectivity index (χ3n) is 2.81. The highest BCUT2D eigenvalue weighted by Gasteiger charge is 2.35. The van der Waals surface area contributed by atoms with Crippen LogP contribution in [0.25, 0.3) is 0 Å². The first-order chi connectivity index (χ1) is 8.62. The van der Waals surface area contributed by atoms with Crippen molar-refractivity contribution in [1.82, 2.24) is 0 Å². The van der Waals surface area contributed by atoms with Crippen LogP contribution in [-0.4, -0.2) is 16.1 Å². The highest BCUT2D eigenvalue weighted by atomic mass is 19.4. The summed E-state index contributed by atoms with van der Waals surface area (Å²) in [5.74, 6) is -0.198. The molecule has 1 unspecified atom stereocenters. The van der Waals surface area contributed by atoms with E-state index < -0.39 is 28.5 Å². The average Bonchev–Trinajstić information content (AvgIpc) is 2.27. The molecule has 0 heterocycles. The fourth-order valence-electron chi connectivity index (χ4n) is 1.58. The second-order valence-electron chi connectivity index (χ2n) is 4.61. The Bertz CT molecular complexity index is 472. The van der Waals surface area contributed by atoms with Crippen molar-refractivity contribution in [2.75, 3.05) is 0 Å². The maximum absolute atomic E-state index is 12.8. The van der Waals surface area contributed by atoms with E-state index in [0.29, 0.717) is 6.07 Å². The number of alkyl halides is 3. The zero-order chi connectivity index (χ0) is 14.8. The zero-order valence-electron chi connectivity index (χ0n) is 10.4. The van der Waals surface area contributed by atoms with Gasteiger partial charge in [0.05, 0.1) is 16.6 Å². The van der Waals surface area contributed by atoms with Gasteiger partial charge < -0.3 is 5.11 Å². The molecule has 0 amide bonds. The Kier molecular flexibility index (Phi) is 4.52. The van der Waals surface area contributed by atoms with Crippen molar-refractivity contribution >= 4 is 5.69 Å². The molecule has 0 radical (unpaired) electrons. The van der Waals surface area contributed by atoms with Crippen LogP contribution in [0.3, 0.4) is 0 Å². The van der Waals surface area contributed by atoms with E-state index >= 15 is 0 Å². The SMILES string of the molecule is CC(C)C(O)Cc1ccc([N+](=O)[O-])cc1C(F)(F)F. The van der Waals surface area contributed by atoms with E-state index in [0.717, 1.165) is 12.1 Å². The number of nitro groups is 1. The van der Waals surface area contributed by atoms with Gasteiger partial charge in [0.25, 0.3) is 5.69 Å². The highest BCUT2D eigenvalue weighted by Crippen LogP contribution is 2.35. The Balaban J connectivity index is 3.20. The molecular formula is C12H14F3NO3. The minimum atomic E-state index is -4.68. The number of benzene rings is 1. The van der Waals surface area contributed by atoms with Gasteiger partial charge in [-0.3, -0.25) is 10.1 Å². The summed E-state index contributed by atoms with van der Waals surface area (Å²) in [6.07, 6.45) is -5.80.